The van der Waals surface area contributed by atoms with Gasteiger partial charge in [0.05, 0.1) is 5.56 Å². The summed E-state index contributed by atoms with van der Waals surface area (Å²) in [7, 11) is 0. The minimum absolute atomic E-state index is 0.0637. The third-order valence-electron chi connectivity index (χ3n) is 2.80. The Morgan fingerprint density at radius 3 is 2.58 bits per heavy atom. The number of nitriles is 1. The zero-order chi connectivity index (χ0) is 14.0. The van der Waals surface area contributed by atoms with Crippen LogP contribution >= 0.6 is 0 Å². The molecule has 0 aliphatic carbocycles. The number of hydrogen-bond acceptors (Lipinski definition) is 3. The standard InChI is InChI=1S/C15H13FN2O/c1-9-3-4-11(8-17)14(5-9)19-15-6-10(2)13(18)7-12(15)16/h3-7H,18H2,1-2H3. The number of halogens is 1. The van der Waals surface area contributed by atoms with Crippen molar-refractivity contribution in [3.63, 3.8) is 0 Å². The van der Waals surface area contributed by atoms with Gasteiger partial charge in [0.25, 0.3) is 0 Å². The Balaban J connectivity index is 2.45. The smallest absolute Gasteiger partial charge is 0.167 e. The monoisotopic (exact) mass is 256 g/mol. The number of benzene rings is 2. The Morgan fingerprint density at radius 1 is 1.16 bits per heavy atom. The van der Waals surface area contributed by atoms with Crippen LogP contribution in [0.2, 0.25) is 0 Å². The second-order valence-corrected chi connectivity index (χ2v) is 4.35. The second kappa shape index (κ2) is 4.99. The van der Waals surface area contributed by atoms with E-state index in [1.807, 2.05) is 13.0 Å². The molecule has 0 aliphatic heterocycles. The predicted octanol–water partition coefficient (Wildman–Crippen LogP) is 3.69. The molecule has 0 atom stereocenters. The predicted molar refractivity (Wildman–Crippen MR) is 71.5 cm³/mol. The van der Waals surface area contributed by atoms with Crippen molar-refractivity contribution in [2.45, 2.75) is 13.8 Å². The van der Waals surface area contributed by atoms with Gasteiger partial charge in [0.2, 0.25) is 0 Å². The van der Waals surface area contributed by atoms with Crippen LogP contribution in [0.15, 0.2) is 30.3 Å². The number of nitrogens with zero attached hydrogens (tertiary/aromatic N) is 1. The van der Waals surface area contributed by atoms with E-state index in [0.29, 0.717) is 17.0 Å². The highest BCUT2D eigenvalue weighted by molar-refractivity contribution is 5.53. The zero-order valence-corrected chi connectivity index (χ0v) is 10.7. The molecule has 0 heterocycles. The van der Waals surface area contributed by atoms with Gasteiger partial charge in [0, 0.05) is 11.8 Å². The first kappa shape index (κ1) is 12.9. The third-order valence-corrected chi connectivity index (χ3v) is 2.80. The van der Waals surface area contributed by atoms with Crippen molar-refractivity contribution in [2.75, 3.05) is 5.73 Å². The van der Waals surface area contributed by atoms with Gasteiger partial charge in [-0.2, -0.15) is 5.26 Å². The quantitative estimate of drug-likeness (QED) is 0.833. The van der Waals surface area contributed by atoms with Crippen LogP contribution in [0.5, 0.6) is 11.5 Å². The summed E-state index contributed by atoms with van der Waals surface area (Å²) in [5.41, 5.74) is 8.00. The largest absolute Gasteiger partial charge is 0.453 e. The van der Waals surface area contributed by atoms with Crippen LogP contribution in [-0.2, 0) is 0 Å². The van der Waals surface area contributed by atoms with Gasteiger partial charge < -0.3 is 10.5 Å². The molecule has 19 heavy (non-hydrogen) atoms. The number of rotatable bonds is 2. The van der Waals surface area contributed by atoms with E-state index in [4.69, 9.17) is 15.7 Å². The molecule has 0 radical (unpaired) electrons. The van der Waals surface area contributed by atoms with Gasteiger partial charge in [-0.15, -0.1) is 0 Å². The number of ether oxygens (including phenoxy) is 1. The molecule has 3 nitrogen and oxygen atoms in total. The summed E-state index contributed by atoms with van der Waals surface area (Å²) in [6, 6.07) is 9.90. The van der Waals surface area contributed by atoms with Gasteiger partial charge in [0.15, 0.2) is 11.6 Å². The number of aryl methyl sites for hydroxylation is 2. The van der Waals surface area contributed by atoms with E-state index in [2.05, 4.69) is 0 Å². The van der Waals surface area contributed by atoms with E-state index in [1.165, 1.54) is 12.1 Å². The maximum absolute atomic E-state index is 13.8. The summed E-state index contributed by atoms with van der Waals surface area (Å²) in [5.74, 6) is -0.145. The molecule has 0 unspecified atom stereocenters. The van der Waals surface area contributed by atoms with Crippen LogP contribution < -0.4 is 10.5 Å². The van der Waals surface area contributed by atoms with Crippen LogP contribution in [-0.4, -0.2) is 0 Å². The van der Waals surface area contributed by atoms with Crippen LogP contribution in [0.1, 0.15) is 16.7 Å². The van der Waals surface area contributed by atoms with Crippen molar-refractivity contribution < 1.29 is 9.13 Å². The molecule has 0 spiro atoms. The van der Waals surface area contributed by atoms with E-state index in [1.54, 1.807) is 25.1 Å². The second-order valence-electron chi connectivity index (χ2n) is 4.35. The van der Waals surface area contributed by atoms with Gasteiger partial charge in [-0.3, -0.25) is 0 Å². The number of nitrogen functional groups attached to an aromatic ring is 1. The molecule has 0 fully saturated rings. The molecule has 0 aliphatic rings. The van der Waals surface area contributed by atoms with Crippen molar-refractivity contribution in [3.8, 4) is 17.6 Å². The van der Waals surface area contributed by atoms with Gasteiger partial charge >= 0.3 is 0 Å². The van der Waals surface area contributed by atoms with Gasteiger partial charge in [0.1, 0.15) is 11.8 Å². The number of anilines is 1. The van der Waals surface area contributed by atoms with Crippen LogP contribution in [0.4, 0.5) is 10.1 Å². The average Bonchev–Trinajstić information content (AvgIpc) is 2.36. The molecular weight excluding hydrogens is 243 g/mol. The van der Waals surface area contributed by atoms with Crippen molar-refractivity contribution in [3.05, 3.63) is 52.8 Å². The van der Waals surface area contributed by atoms with E-state index >= 15 is 0 Å². The fourth-order valence-electron chi connectivity index (χ4n) is 1.67. The molecule has 2 N–H and O–H groups in total. The fourth-order valence-corrected chi connectivity index (χ4v) is 1.67. The summed E-state index contributed by atoms with van der Waals surface area (Å²) < 4.78 is 19.3. The molecule has 2 aromatic rings. The first-order valence-corrected chi connectivity index (χ1v) is 5.75. The Hall–Kier alpha value is -2.54. The van der Waals surface area contributed by atoms with Gasteiger partial charge in [-0.1, -0.05) is 6.07 Å². The normalized spacial score (nSPS) is 10.0. The van der Waals surface area contributed by atoms with Crippen molar-refractivity contribution in [1.29, 1.82) is 5.26 Å². The number of hydrogen-bond donors (Lipinski definition) is 1. The summed E-state index contributed by atoms with van der Waals surface area (Å²) in [4.78, 5) is 0. The molecule has 2 aromatic carbocycles. The maximum atomic E-state index is 13.8. The zero-order valence-electron chi connectivity index (χ0n) is 10.7. The van der Waals surface area contributed by atoms with E-state index in [-0.39, 0.29) is 5.75 Å². The summed E-state index contributed by atoms with van der Waals surface area (Å²) in [6.45, 7) is 3.64. The lowest BCUT2D eigenvalue weighted by atomic mass is 10.1. The molecule has 0 bridgehead atoms. The highest BCUT2D eigenvalue weighted by atomic mass is 19.1. The molecule has 0 saturated heterocycles. The molecule has 4 heteroatoms. The van der Waals surface area contributed by atoms with Gasteiger partial charge in [-0.05, 0) is 43.2 Å². The Bertz CT molecular complexity index is 675. The van der Waals surface area contributed by atoms with E-state index in [9.17, 15) is 4.39 Å². The molecule has 0 saturated carbocycles. The third kappa shape index (κ3) is 2.66. The average molecular weight is 256 g/mol. The first-order valence-electron chi connectivity index (χ1n) is 5.75. The minimum Gasteiger partial charge on any atom is -0.453 e. The van der Waals surface area contributed by atoms with Gasteiger partial charge in [-0.25, -0.2) is 4.39 Å². The first-order chi connectivity index (χ1) is 9.01. The number of nitrogens with two attached hydrogens (primary N) is 1. The summed E-state index contributed by atoms with van der Waals surface area (Å²) in [6.07, 6.45) is 0. The SMILES string of the molecule is Cc1ccc(C#N)c(Oc2cc(C)c(N)cc2F)c1. The Kier molecular flexibility index (Phi) is 3.39. The lowest BCUT2D eigenvalue weighted by Gasteiger charge is -2.11. The molecule has 2 rings (SSSR count). The Labute approximate surface area is 111 Å². The lowest BCUT2D eigenvalue weighted by Crippen LogP contribution is -1.96. The van der Waals surface area contributed by atoms with Crippen LogP contribution in [0.25, 0.3) is 0 Å². The van der Waals surface area contributed by atoms with Crippen LogP contribution in [0.3, 0.4) is 0 Å². The lowest BCUT2D eigenvalue weighted by molar-refractivity contribution is 0.440. The summed E-state index contributed by atoms with van der Waals surface area (Å²) in [5, 5.41) is 9.01. The molecule has 96 valence electrons. The van der Waals surface area contributed by atoms with Crippen molar-refractivity contribution in [2.24, 2.45) is 0 Å². The van der Waals surface area contributed by atoms with Crippen molar-refractivity contribution in [1.82, 2.24) is 0 Å². The highest BCUT2D eigenvalue weighted by Gasteiger charge is 2.11. The van der Waals surface area contributed by atoms with E-state index in [0.717, 1.165) is 11.1 Å². The van der Waals surface area contributed by atoms with Crippen LogP contribution in [0, 0.1) is 31.0 Å². The topological polar surface area (TPSA) is 59.0 Å². The van der Waals surface area contributed by atoms with Crippen molar-refractivity contribution >= 4 is 5.69 Å². The summed E-state index contributed by atoms with van der Waals surface area (Å²) >= 11 is 0. The fraction of sp³-hybridized carbons (Fsp3) is 0.133. The molecular formula is C15H13FN2O. The molecule has 0 aromatic heterocycles. The minimum atomic E-state index is -0.548. The maximum Gasteiger partial charge on any atom is 0.167 e. The van der Waals surface area contributed by atoms with E-state index < -0.39 is 5.82 Å². The molecule has 0 amide bonds. The highest BCUT2D eigenvalue weighted by Crippen LogP contribution is 2.30. The Morgan fingerprint density at radius 2 is 1.89 bits per heavy atom.